The van der Waals surface area contributed by atoms with E-state index in [1.165, 1.54) is 6.20 Å². The average Bonchev–Trinajstić information content (AvgIpc) is 2.63. The summed E-state index contributed by atoms with van der Waals surface area (Å²) in [5.41, 5.74) is 0.130. The molecule has 1 unspecified atom stereocenters. The summed E-state index contributed by atoms with van der Waals surface area (Å²) in [4.78, 5) is 21.3. The molecule has 1 saturated heterocycles. The van der Waals surface area contributed by atoms with Crippen molar-refractivity contribution < 1.29 is 9.90 Å². The number of rotatable bonds is 3. The largest absolute Gasteiger partial charge is 0.477 e. The number of likely N-dealkylation sites (N-methyl/N-ethyl adjacent to an activating group) is 1. The molecule has 6 heteroatoms. The van der Waals surface area contributed by atoms with E-state index >= 15 is 0 Å². The third-order valence-corrected chi connectivity index (χ3v) is 2.87. The van der Waals surface area contributed by atoms with E-state index < -0.39 is 5.97 Å². The Morgan fingerprint density at radius 3 is 3.00 bits per heavy atom. The van der Waals surface area contributed by atoms with Gasteiger partial charge in [0.1, 0.15) is 17.2 Å². The number of aromatic nitrogens is 2. The third kappa shape index (κ3) is 2.71. The van der Waals surface area contributed by atoms with Gasteiger partial charge in [-0.15, -0.1) is 0 Å². The van der Waals surface area contributed by atoms with Crippen LogP contribution in [0.15, 0.2) is 6.20 Å². The Morgan fingerprint density at radius 1 is 1.65 bits per heavy atom. The lowest BCUT2D eigenvalue weighted by Crippen LogP contribution is -2.25. The van der Waals surface area contributed by atoms with Crippen LogP contribution < -0.4 is 5.32 Å². The molecule has 0 radical (unpaired) electrons. The van der Waals surface area contributed by atoms with E-state index in [4.69, 9.17) is 5.11 Å². The van der Waals surface area contributed by atoms with Gasteiger partial charge in [-0.05, 0) is 26.9 Å². The van der Waals surface area contributed by atoms with Gasteiger partial charge in [0.05, 0.1) is 0 Å². The summed E-state index contributed by atoms with van der Waals surface area (Å²) < 4.78 is 0. The number of likely N-dealkylation sites (tertiary alicyclic amines) is 1. The standard InChI is InChI=1S/C11H16N4O2/c1-7-12-5-9(11(16)17)10(13-7)14-8-3-4-15(2)6-8/h5,8H,3-4,6H2,1-2H3,(H,16,17)(H,12,13,14). The maximum Gasteiger partial charge on any atom is 0.341 e. The van der Waals surface area contributed by atoms with Crippen LogP contribution in [-0.2, 0) is 0 Å². The topological polar surface area (TPSA) is 78.3 Å². The maximum absolute atomic E-state index is 11.0. The predicted molar refractivity (Wildman–Crippen MR) is 63.3 cm³/mol. The zero-order chi connectivity index (χ0) is 12.4. The molecular weight excluding hydrogens is 220 g/mol. The minimum Gasteiger partial charge on any atom is -0.477 e. The normalized spacial score (nSPS) is 20.5. The number of anilines is 1. The van der Waals surface area contributed by atoms with Crippen LogP contribution in [0.5, 0.6) is 0 Å². The van der Waals surface area contributed by atoms with Gasteiger partial charge in [0.15, 0.2) is 0 Å². The lowest BCUT2D eigenvalue weighted by atomic mass is 10.2. The molecule has 1 fully saturated rings. The van der Waals surface area contributed by atoms with Gasteiger partial charge in [-0.3, -0.25) is 0 Å². The van der Waals surface area contributed by atoms with Crippen LogP contribution >= 0.6 is 0 Å². The number of aryl methyl sites for hydroxylation is 1. The van der Waals surface area contributed by atoms with Crippen molar-refractivity contribution >= 4 is 11.8 Å². The van der Waals surface area contributed by atoms with Crippen LogP contribution in [0, 0.1) is 6.92 Å². The van der Waals surface area contributed by atoms with Crippen molar-refractivity contribution in [2.75, 3.05) is 25.5 Å². The maximum atomic E-state index is 11.0. The molecule has 6 nitrogen and oxygen atoms in total. The number of carboxylic acids is 1. The lowest BCUT2D eigenvalue weighted by molar-refractivity contribution is 0.0697. The van der Waals surface area contributed by atoms with E-state index in [2.05, 4.69) is 20.2 Å². The summed E-state index contributed by atoms with van der Waals surface area (Å²) in [5.74, 6) is -0.00648. The Bertz CT molecular complexity index is 435. The average molecular weight is 236 g/mol. The van der Waals surface area contributed by atoms with Crippen LogP contribution in [0.1, 0.15) is 22.6 Å². The summed E-state index contributed by atoms with van der Waals surface area (Å²) in [6.45, 7) is 3.67. The summed E-state index contributed by atoms with van der Waals surface area (Å²) in [5, 5.41) is 12.2. The SMILES string of the molecule is Cc1ncc(C(=O)O)c(NC2CCN(C)C2)n1. The van der Waals surface area contributed by atoms with Gasteiger partial charge < -0.3 is 15.3 Å². The van der Waals surface area contributed by atoms with Crippen LogP contribution in [0.3, 0.4) is 0 Å². The molecule has 1 aliphatic heterocycles. The van der Waals surface area contributed by atoms with E-state index in [0.717, 1.165) is 19.5 Å². The van der Waals surface area contributed by atoms with Crippen molar-refractivity contribution in [3.8, 4) is 0 Å². The first kappa shape index (κ1) is 11.8. The third-order valence-electron chi connectivity index (χ3n) is 2.87. The first-order chi connectivity index (χ1) is 8.06. The van der Waals surface area contributed by atoms with Gasteiger partial charge in [0.2, 0.25) is 0 Å². The zero-order valence-electron chi connectivity index (χ0n) is 9.97. The molecule has 0 aromatic carbocycles. The van der Waals surface area contributed by atoms with Gasteiger partial charge in [-0.1, -0.05) is 0 Å². The molecule has 0 bridgehead atoms. The van der Waals surface area contributed by atoms with Crippen LogP contribution in [-0.4, -0.2) is 52.1 Å². The minimum absolute atomic E-state index is 0.130. The molecule has 0 spiro atoms. The Morgan fingerprint density at radius 2 is 2.41 bits per heavy atom. The fourth-order valence-corrected chi connectivity index (χ4v) is 1.98. The van der Waals surface area contributed by atoms with E-state index in [1.807, 2.05) is 7.05 Å². The summed E-state index contributed by atoms with van der Waals surface area (Å²) in [6.07, 6.45) is 2.35. The van der Waals surface area contributed by atoms with Gasteiger partial charge >= 0.3 is 5.97 Å². The number of carbonyl (C=O) groups is 1. The molecule has 2 heterocycles. The number of nitrogens with zero attached hydrogens (tertiary/aromatic N) is 3. The highest BCUT2D eigenvalue weighted by atomic mass is 16.4. The van der Waals surface area contributed by atoms with Crippen LogP contribution in [0.4, 0.5) is 5.82 Å². The molecule has 2 rings (SSSR count). The zero-order valence-corrected chi connectivity index (χ0v) is 9.97. The van der Waals surface area contributed by atoms with E-state index in [1.54, 1.807) is 6.92 Å². The first-order valence-corrected chi connectivity index (χ1v) is 5.58. The van der Waals surface area contributed by atoms with Crippen molar-refractivity contribution in [2.24, 2.45) is 0 Å². The van der Waals surface area contributed by atoms with Gasteiger partial charge in [-0.2, -0.15) is 0 Å². The molecule has 0 saturated carbocycles. The molecule has 0 amide bonds. The molecule has 1 aromatic rings. The highest BCUT2D eigenvalue weighted by Gasteiger charge is 2.22. The Kier molecular flexibility index (Phi) is 3.23. The molecule has 1 atom stereocenters. The molecular formula is C11H16N4O2. The number of carboxylic acid groups (broad SMARTS) is 1. The molecule has 0 aliphatic carbocycles. The highest BCUT2D eigenvalue weighted by molar-refractivity contribution is 5.92. The van der Waals surface area contributed by atoms with E-state index in [0.29, 0.717) is 11.6 Å². The van der Waals surface area contributed by atoms with E-state index in [-0.39, 0.29) is 11.6 Å². The molecule has 2 N–H and O–H groups in total. The smallest absolute Gasteiger partial charge is 0.341 e. The summed E-state index contributed by atoms with van der Waals surface area (Å²) >= 11 is 0. The van der Waals surface area contributed by atoms with Gasteiger partial charge in [-0.25, -0.2) is 14.8 Å². The van der Waals surface area contributed by atoms with Gasteiger partial charge in [0, 0.05) is 18.8 Å². The fourth-order valence-electron chi connectivity index (χ4n) is 1.98. The highest BCUT2D eigenvalue weighted by Crippen LogP contribution is 2.17. The summed E-state index contributed by atoms with van der Waals surface area (Å²) in [7, 11) is 2.05. The van der Waals surface area contributed by atoms with E-state index in [9.17, 15) is 4.79 Å². The first-order valence-electron chi connectivity index (χ1n) is 5.58. The quantitative estimate of drug-likeness (QED) is 0.800. The summed E-state index contributed by atoms with van der Waals surface area (Å²) in [6, 6.07) is 0.257. The number of nitrogens with one attached hydrogen (secondary N) is 1. The van der Waals surface area contributed by atoms with Crippen molar-refractivity contribution in [2.45, 2.75) is 19.4 Å². The lowest BCUT2D eigenvalue weighted by Gasteiger charge is -2.15. The monoisotopic (exact) mass is 236 g/mol. The Labute approximate surface area is 99.7 Å². The molecule has 1 aromatic heterocycles. The van der Waals surface area contributed by atoms with Crippen molar-refractivity contribution in [1.29, 1.82) is 0 Å². The second-order valence-electron chi connectivity index (χ2n) is 4.38. The minimum atomic E-state index is -1.00. The molecule has 17 heavy (non-hydrogen) atoms. The number of hydrogen-bond acceptors (Lipinski definition) is 5. The van der Waals surface area contributed by atoms with Crippen molar-refractivity contribution in [3.63, 3.8) is 0 Å². The van der Waals surface area contributed by atoms with Crippen LogP contribution in [0.2, 0.25) is 0 Å². The second-order valence-corrected chi connectivity index (χ2v) is 4.38. The molecule has 92 valence electrons. The number of hydrogen-bond donors (Lipinski definition) is 2. The Balaban J connectivity index is 2.19. The van der Waals surface area contributed by atoms with Crippen LogP contribution in [0.25, 0.3) is 0 Å². The second kappa shape index (κ2) is 4.67. The fraction of sp³-hybridized carbons (Fsp3) is 0.545. The Hall–Kier alpha value is -1.69. The van der Waals surface area contributed by atoms with Crippen molar-refractivity contribution in [1.82, 2.24) is 14.9 Å². The van der Waals surface area contributed by atoms with Crippen molar-refractivity contribution in [3.05, 3.63) is 17.6 Å². The number of aromatic carboxylic acids is 1. The molecule has 1 aliphatic rings. The van der Waals surface area contributed by atoms with Gasteiger partial charge in [0.25, 0.3) is 0 Å². The predicted octanol–water partition coefficient (Wildman–Crippen LogP) is 0.599.